The number of rotatable bonds is 4. The van der Waals surface area contributed by atoms with Crippen LogP contribution in [-0.2, 0) is 11.2 Å². The number of aryl methyl sites for hydroxylation is 1. The van der Waals surface area contributed by atoms with E-state index in [1.54, 1.807) is 23.6 Å². The number of aromatic amines is 1. The Hall–Kier alpha value is -2.17. The fourth-order valence-electron chi connectivity index (χ4n) is 1.90. The number of pyridine rings is 1. The minimum atomic E-state index is 0.000415. The molecule has 0 aliphatic carbocycles. The van der Waals surface area contributed by atoms with E-state index in [2.05, 4.69) is 15.0 Å². The minimum Gasteiger partial charge on any atom is -0.348 e. The van der Waals surface area contributed by atoms with Crippen molar-refractivity contribution in [2.45, 2.75) is 26.3 Å². The van der Waals surface area contributed by atoms with E-state index in [1.807, 2.05) is 33.0 Å². The number of nitrogens with zero attached hydrogens (tertiary/aromatic N) is 3. The monoisotopic (exact) mass is 258 g/mol. The highest BCUT2D eigenvalue weighted by molar-refractivity contribution is 5.78. The molecular weight excluding hydrogens is 240 g/mol. The van der Waals surface area contributed by atoms with Crippen molar-refractivity contribution in [3.8, 4) is 0 Å². The van der Waals surface area contributed by atoms with E-state index < -0.39 is 0 Å². The number of carbonyl (C=O) groups is 1. The van der Waals surface area contributed by atoms with Gasteiger partial charge in [0.1, 0.15) is 0 Å². The first-order chi connectivity index (χ1) is 9.09. The summed E-state index contributed by atoms with van der Waals surface area (Å²) >= 11 is 0. The van der Waals surface area contributed by atoms with E-state index in [0.29, 0.717) is 6.42 Å². The molecule has 1 N–H and O–H groups in total. The molecule has 2 aromatic heterocycles. The molecule has 1 atom stereocenters. The van der Waals surface area contributed by atoms with Gasteiger partial charge in [0.2, 0.25) is 5.91 Å². The number of H-pyrrole nitrogens is 1. The van der Waals surface area contributed by atoms with Crippen molar-refractivity contribution in [3.63, 3.8) is 0 Å². The number of imidazole rings is 1. The number of hydrogen-bond donors (Lipinski definition) is 1. The second-order valence-corrected chi connectivity index (χ2v) is 4.62. The molecule has 0 aliphatic rings. The van der Waals surface area contributed by atoms with Crippen LogP contribution in [0.15, 0.2) is 30.9 Å². The van der Waals surface area contributed by atoms with Crippen LogP contribution in [0.2, 0.25) is 0 Å². The van der Waals surface area contributed by atoms with Crippen LogP contribution in [0.25, 0.3) is 0 Å². The summed E-state index contributed by atoms with van der Waals surface area (Å²) in [6, 6.07) is 3.85. The number of hydrogen-bond acceptors (Lipinski definition) is 3. The van der Waals surface area contributed by atoms with Crippen LogP contribution in [0, 0.1) is 6.92 Å². The minimum absolute atomic E-state index is 0.000415. The fourth-order valence-corrected chi connectivity index (χ4v) is 1.90. The molecule has 5 nitrogen and oxygen atoms in total. The standard InChI is InChI=1S/C14H18N4O/c1-10-13(17-9-16-10)7-14(19)18(3)11(2)12-5-4-6-15-8-12/h4-6,8-9,11H,7H2,1-3H3,(H,16,17). The van der Waals surface area contributed by atoms with Crippen molar-refractivity contribution >= 4 is 5.91 Å². The smallest absolute Gasteiger partial charge is 0.228 e. The third-order valence-electron chi connectivity index (χ3n) is 3.39. The Morgan fingerprint density at radius 2 is 2.32 bits per heavy atom. The fraction of sp³-hybridized carbons (Fsp3) is 0.357. The normalized spacial score (nSPS) is 12.2. The van der Waals surface area contributed by atoms with E-state index in [-0.39, 0.29) is 11.9 Å². The molecular formula is C14H18N4O. The van der Waals surface area contributed by atoms with Gasteiger partial charge in [-0.25, -0.2) is 4.98 Å². The van der Waals surface area contributed by atoms with E-state index in [0.717, 1.165) is 17.0 Å². The molecule has 1 amide bonds. The maximum atomic E-state index is 12.2. The Balaban J connectivity index is 2.05. The van der Waals surface area contributed by atoms with Gasteiger partial charge in [0.05, 0.1) is 24.5 Å². The van der Waals surface area contributed by atoms with Crippen LogP contribution in [0.1, 0.15) is 29.9 Å². The molecule has 2 aromatic rings. The second kappa shape index (κ2) is 5.65. The summed E-state index contributed by atoms with van der Waals surface area (Å²) in [5.74, 6) is 0.0477. The molecule has 0 aromatic carbocycles. The quantitative estimate of drug-likeness (QED) is 0.910. The first-order valence-electron chi connectivity index (χ1n) is 6.24. The SMILES string of the molecule is Cc1[nH]cnc1CC(=O)N(C)C(C)c1cccnc1. The van der Waals surface area contributed by atoms with E-state index in [9.17, 15) is 4.79 Å². The average molecular weight is 258 g/mol. The van der Waals surface area contributed by atoms with Crippen molar-refractivity contribution in [1.29, 1.82) is 0 Å². The zero-order valence-electron chi connectivity index (χ0n) is 11.4. The molecule has 0 aliphatic heterocycles. The summed E-state index contributed by atoms with van der Waals surface area (Å²) in [6.07, 6.45) is 5.44. The van der Waals surface area contributed by atoms with Crippen LogP contribution < -0.4 is 0 Å². The van der Waals surface area contributed by atoms with Crippen molar-refractivity contribution < 1.29 is 4.79 Å². The summed E-state index contributed by atoms with van der Waals surface area (Å²) in [4.78, 5) is 25.2. The molecule has 2 heterocycles. The highest BCUT2D eigenvalue weighted by Crippen LogP contribution is 2.18. The number of amides is 1. The lowest BCUT2D eigenvalue weighted by Crippen LogP contribution is -2.31. The summed E-state index contributed by atoms with van der Waals surface area (Å²) in [7, 11) is 1.81. The lowest BCUT2D eigenvalue weighted by atomic mass is 10.1. The van der Waals surface area contributed by atoms with E-state index in [4.69, 9.17) is 0 Å². The number of carbonyl (C=O) groups excluding carboxylic acids is 1. The number of nitrogens with one attached hydrogen (secondary N) is 1. The van der Waals surface area contributed by atoms with Gasteiger partial charge in [-0.15, -0.1) is 0 Å². The van der Waals surface area contributed by atoms with Gasteiger partial charge < -0.3 is 9.88 Å². The molecule has 0 fully saturated rings. The third kappa shape index (κ3) is 2.99. The van der Waals surface area contributed by atoms with Crippen LogP contribution in [0.5, 0.6) is 0 Å². The van der Waals surface area contributed by atoms with Gasteiger partial charge in [-0.1, -0.05) is 6.07 Å². The molecule has 19 heavy (non-hydrogen) atoms. The van der Waals surface area contributed by atoms with Gasteiger partial charge in [-0.3, -0.25) is 9.78 Å². The van der Waals surface area contributed by atoms with Gasteiger partial charge in [0, 0.05) is 25.1 Å². The van der Waals surface area contributed by atoms with E-state index in [1.165, 1.54) is 0 Å². The number of aromatic nitrogens is 3. The molecule has 0 saturated carbocycles. The zero-order valence-corrected chi connectivity index (χ0v) is 11.4. The van der Waals surface area contributed by atoms with Gasteiger partial charge in [0.25, 0.3) is 0 Å². The highest BCUT2D eigenvalue weighted by Gasteiger charge is 2.19. The Bertz CT molecular complexity index is 550. The molecule has 100 valence electrons. The van der Waals surface area contributed by atoms with Gasteiger partial charge in [-0.2, -0.15) is 0 Å². The topological polar surface area (TPSA) is 61.9 Å². The predicted octanol–water partition coefficient (Wildman–Crippen LogP) is 1.88. The van der Waals surface area contributed by atoms with Crippen molar-refractivity contribution in [3.05, 3.63) is 47.8 Å². The summed E-state index contributed by atoms with van der Waals surface area (Å²) in [6.45, 7) is 3.91. The third-order valence-corrected chi connectivity index (χ3v) is 3.39. The van der Waals surface area contributed by atoms with E-state index >= 15 is 0 Å². The Morgan fingerprint density at radius 3 is 2.89 bits per heavy atom. The first-order valence-corrected chi connectivity index (χ1v) is 6.24. The lowest BCUT2D eigenvalue weighted by Gasteiger charge is -2.25. The molecule has 0 radical (unpaired) electrons. The molecule has 2 rings (SSSR count). The van der Waals surface area contributed by atoms with Crippen molar-refractivity contribution in [1.82, 2.24) is 19.9 Å². The maximum absolute atomic E-state index is 12.2. The molecule has 0 bridgehead atoms. The van der Waals surface area contributed by atoms with Gasteiger partial charge >= 0.3 is 0 Å². The Kier molecular flexibility index (Phi) is 3.94. The number of likely N-dealkylation sites (N-methyl/N-ethyl adjacent to an activating group) is 1. The Morgan fingerprint density at radius 1 is 1.53 bits per heavy atom. The maximum Gasteiger partial charge on any atom is 0.228 e. The summed E-state index contributed by atoms with van der Waals surface area (Å²) in [5.41, 5.74) is 2.77. The largest absolute Gasteiger partial charge is 0.348 e. The summed E-state index contributed by atoms with van der Waals surface area (Å²) < 4.78 is 0. The van der Waals surface area contributed by atoms with Gasteiger partial charge in [0.15, 0.2) is 0 Å². The van der Waals surface area contributed by atoms with Crippen LogP contribution >= 0.6 is 0 Å². The molecule has 0 spiro atoms. The molecule has 0 saturated heterocycles. The van der Waals surface area contributed by atoms with Crippen LogP contribution in [-0.4, -0.2) is 32.8 Å². The van der Waals surface area contributed by atoms with Crippen LogP contribution in [0.4, 0.5) is 0 Å². The van der Waals surface area contributed by atoms with Crippen molar-refractivity contribution in [2.75, 3.05) is 7.05 Å². The van der Waals surface area contributed by atoms with Gasteiger partial charge in [-0.05, 0) is 25.5 Å². The summed E-state index contributed by atoms with van der Waals surface area (Å²) in [5, 5.41) is 0. The molecule has 5 heteroatoms. The van der Waals surface area contributed by atoms with Crippen molar-refractivity contribution in [2.24, 2.45) is 0 Å². The molecule has 1 unspecified atom stereocenters. The van der Waals surface area contributed by atoms with Crippen LogP contribution in [0.3, 0.4) is 0 Å². The second-order valence-electron chi connectivity index (χ2n) is 4.62. The zero-order chi connectivity index (χ0) is 13.8. The predicted molar refractivity (Wildman–Crippen MR) is 72.5 cm³/mol. The lowest BCUT2D eigenvalue weighted by molar-refractivity contribution is -0.131. The Labute approximate surface area is 112 Å². The average Bonchev–Trinajstić information content (AvgIpc) is 2.83. The highest BCUT2D eigenvalue weighted by atomic mass is 16.2. The first kappa shape index (κ1) is 13.3.